The molecular weight excluding hydrogens is 428 g/mol. The summed E-state index contributed by atoms with van der Waals surface area (Å²) in [6.07, 6.45) is 3.67. The fourth-order valence-corrected chi connectivity index (χ4v) is 4.87. The van der Waals surface area contributed by atoms with Crippen LogP contribution in [0.25, 0.3) is 0 Å². The highest BCUT2D eigenvalue weighted by Crippen LogP contribution is 2.42. The van der Waals surface area contributed by atoms with Gasteiger partial charge >= 0.3 is 0 Å². The molecule has 2 aliphatic heterocycles. The molecule has 0 aromatic heterocycles. The second-order valence-electron chi connectivity index (χ2n) is 8.01. The number of hydrazine groups is 1. The summed E-state index contributed by atoms with van der Waals surface area (Å²) in [5.41, 5.74) is 6.35. The summed E-state index contributed by atoms with van der Waals surface area (Å²) >= 11 is 12.4. The molecule has 1 saturated heterocycles. The number of rotatable bonds is 6. The lowest BCUT2D eigenvalue weighted by atomic mass is 9.91. The SMILES string of the molecule is CCOc1ccc([C@H]2[C@H](C)C(C(=S)NN3CCCCC3)=NN2c2ccccc2Cl)cc1. The molecule has 31 heavy (non-hydrogen) atoms. The molecule has 1 fully saturated rings. The summed E-state index contributed by atoms with van der Waals surface area (Å²) in [5, 5.41) is 9.89. The van der Waals surface area contributed by atoms with Crippen LogP contribution in [0.3, 0.4) is 0 Å². The monoisotopic (exact) mass is 456 g/mol. The van der Waals surface area contributed by atoms with Gasteiger partial charge in [-0.3, -0.25) is 5.01 Å². The van der Waals surface area contributed by atoms with Gasteiger partial charge in [0.2, 0.25) is 0 Å². The van der Waals surface area contributed by atoms with E-state index < -0.39 is 0 Å². The average molecular weight is 457 g/mol. The number of hydrazone groups is 1. The van der Waals surface area contributed by atoms with Crippen molar-refractivity contribution in [1.82, 2.24) is 10.4 Å². The average Bonchev–Trinajstić information content (AvgIpc) is 3.12. The molecule has 2 heterocycles. The summed E-state index contributed by atoms with van der Waals surface area (Å²) in [5.74, 6) is 0.962. The van der Waals surface area contributed by atoms with E-state index in [4.69, 9.17) is 33.7 Å². The van der Waals surface area contributed by atoms with Crippen LogP contribution in [0.2, 0.25) is 5.02 Å². The minimum absolute atomic E-state index is 0.00770. The first-order chi connectivity index (χ1) is 15.1. The van der Waals surface area contributed by atoms with Crippen LogP contribution in [0.4, 0.5) is 5.69 Å². The number of halogens is 1. The van der Waals surface area contributed by atoms with Crippen molar-refractivity contribution < 1.29 is 4.74 Å². The largest absolute Gasteiger partial charge is 0.494 e. The predicted molar refractivity (Wildman–Crippen MR) is 132 cm³/mol. The van der Waals surface area contributed by atoms with E-state index in [1.807, 2.05) is 48.3 Å². The van der Waals surface area contributed by atoms with Gasteiger partial charge in [-0.25, -0.2) is 5.01 Å². The van der Waals surface area contributed by atoms with Crippen molar-refractivity contribution in [2.24, 2.45) is 11.0 Å². The third-order valence-electron chi connectivity index (χ3n) is 5.86. The summed E-state index contributed by atoms with van der Waals surface area (Å²) in [6, 6.07) is 16.1. The first-order valence-electron chi connectivity index (χ1n) is 11.0. The Morgan fingerprint density at radius 1 is 1.13 bits per heavy atom. The molecule has 4 rings (SSSR count). The van der Waals surface area contributed by atoms with E-state index in [2.05, 4.69) is 29.5 Å². The second-order valence-corrected chi connectivity index (χ2v) is 8.82. The van der Waals surface area contributed by atoms with Gasteiger partial charge in [-0.1, -0.05) is 61.4 Å². The fraction of sp³-hybridized carbons (Fsp3) is 0.417. The van der Waals surface area contributed by atoms with Crippen LogP contribution in [-0.2, 0) is 0 Å². The van der Waals surface area contributed by atoms with Crippen LogP contribution in [0.5, 0.6) is 5.75 Å². The van der Waals surface area contributed by atoms with E-state index in [0.717, 1.165) is 35.8 Å². The van der Waals surface area contributed by atoms with Gasteiger partial charge in [0.1, 0.15) is 16.4 Å². The Kier molecular flexibility index (Phi) is 7.10. The van der Waals surface area contributed by atoms with Gasteiger partial charge in [-0.2, -0.15) is 5.10 Å². The number of para-hydroxylation sites is 1. The van der Waals surface area contributed by atoms with E-state index in [1.165, 1.54) is 19.3 Å². The third-order valence-corrected chi connectivity index (χ3v) is 6.48. The molecule has 0 unspecified atom stereocenters. The molecule has 0 amide bonds. The van der Waals surface area contributed by atoms with Crippen molar-refractivity contribution in [2.45, 2.75) is 39.2 Å². The highest BCUT2D eigenvalue weighted by molar-refractivity contribution is 7.82. The van der Waals surface area contributed by atoms with E-state index in [1.54, 1.807) is 0 Å². The maximum absolute atomic E-state index is 6.57. The maximum atomic E-state index is 6.57. The minimum Gasteiger partial charge on any atom is -0.494 e. The lowest BCUT2D eigenvalue weighted by Crippen LogP contribution is -2.47. The minimum atomic E-state index is -0.00770. The molecule has 5 nitrogen and oxygen atoms in total. The van der Waals surface area contributed by atoms with Crippen LogP contribution >= 0.6 is 23.8 Å². The first kappa shape index (κ1) is 22.1. The van der Waals surface area contributed by atoms with Crippen molar-refractivity contribution >= 4 is 40.2 Å². The van der Waals surface area contributed by atoms with Gasteiger partial charge in [0.25, 0.3) is 0 Å². The van der Waals surface area contributed by atoms with Gasteiger partial charge in [0, 0.05) is 19.0 Å². The molecular formula is C24H29ClN4OS. The number of ether oxygens (including phenoxy) is 1. The lowest BCUT2D eigenvalue weighted by Gasteiger charge is -2.29. The Balaban J connectivity index is 1.64. The molecule has 0 radical (unpaired) electrons. The quantitative estimate of drug-likeness (QED) is 0.572. The Morgan fingerprint density at radius 2 is 1.84 bits per heavy atom. The Hall–Kier alpha value is -2.15. The van der Waals surface area contributed by atoms with Crippen LogP contribution in [0.1, 0.15) is 44.7 Å². The van der Waals surface area contributed by atoms with E-state index >= 15 is 0 Å². The fourth-order valence-electron chi connectivity index (χ4n) is 4.29. The van der Waals surface area contributed by atoms with Gasteiger partial charge < -0.3 is 10.2 Å². The molecule has 0 spiro atoms. The Bertz CT molecular complexity index is 943. The molecule has 0 bridgehead atoms. The topological polar surface area (TPSA) is 40.1 Å². The van der Waals surface area contributed by atoms with Crippen molar-refractivity contribution in [3.05, 3.63) is 59.1 Å². The van der Waals surface area contributed by atoms with Crippen LogP contribution in [0.15, 0.2) is 53.6 Å². The highest BCUT2D eigenvalue weighted by Gasteiger charge is 2.39. The van der Waals surface area contributed by atoms with Crippen molar-refractivity contribution in [3.8, 4) is 5.75 Å². The molecule has 2 aromatic carbocycles. The number of nitrogens with one attached hydrogen (secondary N) is 1. The number of benzene rings is 2. The van der Waals surface area contributed by atoms with Gasteiger partial charge in [-0.15, -0.1) is 0 Å². The van der Waals surface area contributed by atoms with E-state index in [9.17, 15) is 0 Å². The zero-order chi connectivity index (χ0) is 21.8. The molecule has 2 aromatic rings. The summed E-state index contributed by atoms with van der Waals surface area (Å²) in [6.45, 7) is 6.84. The molecule has 0 aliphatic carbocycles. The Labute approximate surface area is 195 Å². The number of hydrogen-bond acceptors (Lipinski definition) is 5. The molecule has 1 N–H and O–H groups in total. The molecule has 2 aliphatic rings. The number of thiocarbonyl (C=S) groups is 1. The summed E-state index contributed by atoms with van der Waals surface area (Å²) < 4.78 is 5.63. The number of piperidine rings is 1. The van der Waals surface area contributed by atoms with Crippen molar-refractivity contribution in [2.75, 3.05) is 24.7 Å². The van der Waals surface area contributed by atoms with Crippen molar-refractivity contribution in [1.29, 1.82) is 0 Å². The first-order valence-corrected chi connectivity index (χ1v) is 11.8. The van der Waals surface area contributed by atoms with E-state index in [-0.39, 0.29) is 12.0 Å². The lowest BCUT2D eigenvalue weighted by molar-refractivity contribution is 0.197. The number of anilines is 1. The highest BCUT2D eigenvalue weighted by atomic mass is 35.5. The molecule has 2 atom stereocenters. The summed E-state index contributed by atoms with van der Waals surface area (Å²) in [4.78, 5) is 0.694. The zero-order valence-corrected chi connectivity index (χ0v) is 19.6. The summed E-state index contributed by atoms with van der Waals surface area (Å²) in [7, 11) is 0. The molecule has 164 valence electrons. The Morgan fingerprint density at radius 3 is 2.52 bits per heavy atom. The second kappa shape index (κ2) is 9.98. The smallest absolute Gasteiger partial charge is 0.137 e. The number of nitrogens with zero attached hydrogens (tertiary/aromatic N) is 3. The van der Waals surface area contributed by atoms with Crippen molar-refractivity contribution in [3.63, 3.8) is 0 Å². The molecule has 0 saturated carbocycles. The maximum Gasteiger partial charge on any atom is 0.137 e. The third kappa shape index (κ3) is 4.86. The van der Waals surface area contributed by atoms with E-state index in [0.29, 0.717) is 16.6 Å². The zero-order valence-electron chi connectivity index (χ0n) is 18.1. The van der Waals surface area contributed by atoms with Gasteiger partial charge in [-0.05, 0) is 49.6 Å². The van der Waals surface area contributed by atoms with Crippen LogP contribution < -0.4 is 15.2 Å². The van der Waals surface area contributed by atoms with Gasteiger partial charge in [0.15, 0.2) is 0 Å². The van der Waals surface area contributed by atoms with Crippen LogP contribution in [0, 0.1) is 5.92 Å². The standard InChI is InChI=1S/C24H29ClN4OS/c1-3-30-19-13-11-18(12-14-19)23-17(2)22(24(31)27-28-15-7-4-8-16-28)26-29(23)21-10-6-5-9-20(21)25/h5-6,9-14,17,23H,3-4,7-8,15-16H2,1-2H3,(H,27,31)/t17-,23-/m1/s1. The van der Waals surface area contributed by atoms with Gasteiger partial charge in [0.05, 0.1) is 23.4 Å². The van der Waals surface area contributed by atoms with Crippen LogP contribution in [-0.4, -0.2) is 35.4 Å². The normalized spacial score (nSPS) is 21.6. The molecule has 7 heteroatoms. The predicted octanol–water partition coefficient (Wildman–Crippen LogP) is 5.61. The number of hydrogen-bond donors (Lipinski definition) is 1.